The summed E-state index contributed by atoms with van der Waals surface area (Å²) in [7, 11) is -3.74. The highest BCUT2D eigenvalue weighted by molar-refractivity contribution is 7.89. The minimum absolute atomic E-state index is 0.0318. The van der Waals surface area contributed by atoms with Gasteiger partial charge in [-0.3, -0.25) is 9.78 Å². The number of carbonyl (C=O) groups is 1. The summed E-state index contributed by atoms with van der Waals surface area (Å²) in [6, 6.07) is 7.61. The Morgan fingerprint density at radius 3 is 2.69 bits per heavy atom. The molecule has 8 heteroatoms. The monoisotopic (exact) mass is 393 g/mol. The SMILES string of the molecule is CC1CCCN(S(=O)(=O)c2cc(C(=O)Nc3ccncc3)ccc2Cl)C1. The van der Waals surface area contributed by atoms with Gasteiger partial charge in [0, 0.05) is 36.7 Å². The van der Waals surface area contributed by atoms with Crippen molar-refractivity contribution in [2.75, 3.05) is 18.4 Å². The molecule has 0 aliphatic carbocycles. The number of rotatable bonds is 4. The smallest absolute Gasteiger partial charge is 0.255 e. The lowest BCUT2D eigenvalue weighted by molar-refractivity contribution is 0.102. The summed E-state index contributed by atoms with van der Waals surface area (Å²) in [6.07, 6.45) is 4.95. The number of hydrogen-bond donors (Lipinski definition) is 1. The molecule has 1 aromatic carbocycles. The van der Waals surface area contributed by atoms with E-state index < -0.39 is 15.9 Å². The van der Waals surface area contributed by atoms with E-state index in [4.69, 9.17) is 11.6 Å². The Balaban J connectivity index is 1.88. The van der Waals surface area contributed by atoms with Crippen LogP contribution in [0.3, 0.4) is 0 Å². The Morgan fingerprint density at radius 2 is 2.00 bits per heavy atom. The van der Waals surface area contributed by atoms with E-state index in [0.29, 0.717) is 24.7 Å². The number of piperidine rings is 1. The van der Waals surface area contributed by atoms with Gasteiger partial charge in [0.2, 0.25) is 10.0 Å². The Bertz CT molecular complexity index is 903. The topological polar surface area (TPSA) is 79.4 Å². The summed E-state index contributed by atoms with van der Waals surface area (Å²) in [5, 5.41) is 2.83. The van der Waals surface area contributed by atoms with Crippen LogP contribution in [0.2, 0.25) is 5.02 Å². The molecule has 1 amide bonds. The molecule has 3 rings (SSSR count). The number of anilines is 1. The Kier molecular flexibility index (Phi) is 5.60. The Morgan fingerprint density at radius 1 is 1.27 bits per heavy atom. The standard InChI is InChI=1S/C18H20ClN3O3S/c1-13-3-2-10-22(12-13)26(24,25)17-11-14(4-5-16(17)19)18(23)21-15-6-8-20-9-7-15/h4-9,11,13H,2-3,10,12H2,1H3,(H,20,21,23). The van der Waals surface area contributed by atoms with Gasteiger partial charge in [0.1, 0.15) is 4.90 Å². The van der Waals surface area contributed by atoms with Crippen LogP contribution in [-0.2, 0) is 10.0 Å². The van der Waals surface area contributed by atoms with Crippen LogP contribution in [0.4, 0.5) is 5.69 Å². The van der Waals surface area contributed by atoms with Crippen molar-refractivity contribution in [1.29, 1.82) is 0 Å². The fraction of sp³-hybridized carbons (Fsp3) is 0.333. The predicted octanol–water partition coefficient (Wildman–Crippen LogP) is 3.41. The first-order chi connectivity index (χ1) is 12.4. The average Bonchev–Trinajstić information content (AvgIpc) is 2.62. The number of benzene rings is 1. The van der Waals surface area contributed by atoms with E-state index in [9.17, 15) is 13.2 Å². The zero-order valence-corrected chi connectivity index (χ0v) is 15.9. The summed E-state index contributed by atoms with van der Waals surface area (Å²) >= 11 is 6.16. The third-order valence-corrected chi connectivity index (χ3v) is 6.72. The highest BCUT2D eigenvalue weighted by Gasteiger charge is 2.30. The number of aromatic nitrogens is 1. The van der Waals surface area contributed by atoms with Gasteiger partial charge in [0.15, 0.2) is 0 Å². The molecule has 1 unspecified atom stereocenters. The van der Waals surface area contributed by atoms with Crippen molar-refractivity contribution in [2.45, 2.75) is 24.7 Å². The lowest BCUT2D eigenvalue weighted by Gasteiger charge is -2.30. The highest BCUT2D eigenvalue weighted by Crippen LogP contribution is 2.29. The maximum absolute atomic E-state index is 13.0. The quantitative estimate of drug-likeness (QED) is 0.863. The van der Waals surface area contributed by atoms with Crippen LogP contribution in [0.25, 0.3) is 0 Å². The molecule has 1 aliphatic rings. The minimum atomic E-state index is -3.74. The first-order valence-corrected chi connectivity index (χ1v) is 10.2. The van der Waals surface area contributed by atoms with Crippen molar-refractivity contribution in [3.05, 3.63) is 53.3 Å². The van der Waals surface area contributed by atoms with Gasteiger partial charge in [0.05, 0.1) is 5.02 Å². The normalized spacial score (nSPS) is 18.5. The molecule has 1 saturated heterocycles. The molecule has 2 aromatic rings. The van der Waals surface area contributed by atoms with E-state index >= 15 is 0 Å². The van der Waals surface area contributed by atoms with Crippen LogP contribution in [0.5, 0.6) is 0 Å². The third-order valence-electron chi connectivity index (χ3n) is 4.37. The van der Waals surface area contributed by atoms with Gasteiger partial charge in [-0.05, 0) is 49.1 Å². The molecular formula is C18H20ClN3O3S. The molecule has 138 valence electrons. The number of carbonyl (C=O) groups excluding carboxylic acids is 1. The Hall–Kier alpha value is -1.96. The van der Waals surface area contributed by atoms with Gasteiger partial charge >= 0.3 is 0 Å². The van der Waals surface area contributed by atoms with E-state index in [1.165, 1.54) is 22.5 Å². The maximum Gasteiger partial charge on any atom is 0.255 e. The second-order valence-electron chi connectivity index (χ2n) is 6.45. The summed E-state index contributed by atoms with van der Waals surface area (Å²) in [4.78, 5) is 16.3. The zero-order chi connectivity index (χ0) is 18.7. The van der Waals surface area contributed by atoms with Crippen LogP contribution < -0.4 is 5.32 Å². The third kappa shape index (κ3) is 4.06. The fourth-order valence-electron chi connectivity index (χ4n) is 2.98. The second kappa shape index (κ2) is 7.73. The Labute approximate surface area is 158 Å². The highest BCUT2D eigenvalue weighted by atomic mass is 35.5. The molecule has 0 radical (unpaired) electrons. The molecule has 1 aliphatic heterocycles. The first kappa shape index (κ1) is 18.8. The molecule has 0 spiro atoms. The van der Waals surface area contributed by atoms with Crippen molar-refractivity contribution in [3.63, 3.8) is 0 Å². The molecule has 1 N–H and O–H groups in total. The number of sulfonamides is 1. The maximum atomic E-state index is 13.0. The van der Waals surface area contributed by atoms with Gasteiger partial charge in [-0.1, -0.05) is 18.5 Å². The van der Waals surface area contributed by atoms with Crippen molar-refractivity contribution < 1.29 is 13.2 Å². The number of nitrogens with one attached hydrogen (secondary N) is 1. The van der Waals surface area contributed by atoms with E-state index in [2.05, 4.69) is 10.3 Å². The van der Waals surface area contributed by atoms with Crippen LogP contribution in [-0.4, -0.2) is 36.7 Å². The summed E-state index contributed by atoms with van der Waals surface area (Å²) in [5.74, 6) is -0.105. The predicted molar refractivity (Wildman–Crippen MR) is 101 cm³/mol. The lowest BCUT2D eigenvalue weighted by atomic mass is 10.0. The summed E-state index contributed by atoms with van der Waals surface area (Å²) in [5.41, 5.74) is 0.809. The van der Waals surface area contributed by atoms with Crippen molar-refractivity contribution in [1.82, 2.24) is 9.29 Å². The molecule has 1 fully saturated rings. The van der Waals surface area contributed by atoms with Gasteiger partial charge in [-0.2, -0.15) is 4.31 Å². The van der Waals surface area contributed by atoms with Crippen molar-refractivity contribution in [2.24, 2.45) is 5.92 Å². The lowest BCUT2D eigenvalue weighted by Crippen LogP contribution is -2.39. The average molecular weight is 394 g/mol. The zero-order valence-electron chi connectivity index (χ0n) is 14.4. The van der Waals surface area contributed by atoms with Crippen LogP contribution in [0.1, 0.15) is 30.1 Å². The number of halogens is 1. The van der Waals surface area contributed by atoms with Crippen molar-refractivity contribution >= 4 is 33.2 Å². The first-order valence-electron chi connectivity index (χ1n) is 8.39. The number of amides is 1. The molecule has 6 nitrogen and oxygen atoms in total. The van der Waals surface area contributed by atoms with Crippen molar-refractivity contribution in [3.8, 4) is 0 Å². The van der Waals surface area contributed by atoms with Gasteiger partial charge < -0.3 is 5.32 Å². The molecule has 0 saturated carbocycles. The number of hydrogen-bond acceptors (Lipinski definition) is 4. The van der Waals surface area contributed by atoms with Crippen LogP contribution in [0.15, 0.2) is 47.6 Å². The molecule has 1 atom stereocenters. The van der Waals surface area contributed by atoms with Gasteiger partial charge in [0.25, 0.3) is 5.91 Å². The van der Waals surface area contributed by atoms with Crippen LogP contribution in [0, 0.1) is 5.92 Å². The molecule has 2 heterocycles. The largest absolute Gasteiger partial charge is 0.322 e. The van der Waals surface area contributed by atoms with Crippen LogP contribution >= 0.6 is 11.6 Å². The van der Waals surface area contributed by atoms with E-state index in [0.717, 1.165) is 12.8 Å². The van der Waals surface area contributed by atoms with E-state index in [1.807, 2.05) is 6.92 Å². The summed E-state index contributed by atoms with van der Waals surface area (Å²) < 4.78 is 27.4. The second-order valence-corrected chi connectivity index (χ2v) is 8.76. The molecule has 0 bridgehead atoms. The molecule has 26 heavy (non-hydrogen) atoms. The summed E-state index contributed by atoms with van der Waals surface area (Å²) in [6.45, 7) is 2.96. The molecular weight excluding hydrogens is 374 g/mol. The van der Waals surface area contributed by atoms with Gasteiger partial charge in [-0.15, -0.1) is 0 Å². The van der Waals surface area contributed by atoms with E-state index in [-0.39, 0.29) is 15.5 Å². The fourth-order valence-corrected chi connectivity index (χ4v) is 5.08. The van der Waals surface area contributed by atoms with E-state index in [1.54, 1.807) is 24.5 Å². The van der Waals surface area contributed by atoms with Gasteiger partial charge in [-0.25, -0.2) is 8.42 Å². The number of nitrogens with zero attached hydrogens (tertiary/aromatic N) is 2. The number of pyridine rings is 1. The minimum Gasteiger partial charge on any atom is -0.322 e. The molecule has 1 aromatic heterocycles.